The maximum atomic E-state index is 12.5. The van der Waals surface area contributed by atoms with Crippen molar-refractivity contribution in [2.75, 3.05) is 16.8 Å². The van der Waals surface area contributed by atoms with Gasteiger partial charge in [-0.15, -0.1) is 0 Å². The molecule has 1 atom stereocenters. The number of fused-ring (bicyclic) bond motifs is 1. The number of nitrogens with one attached hydrogen (secondary N) is 1. The third-order valence-electron chi connectivity index (χ3n) is 4.03. The molecule has 0 spiro atoms. The van der Waals surface area contributed by atoms with Gasteiger partial charge in [-0.05, 0) is 37.5 Å². The maximum absolute atomic E-state index is 12.5. The van der Waals surface area contributed by atoms with Crippen molar-refractivity contribution in [2.45, 2.75) is 59.5 Å². The summed E-state index contributed by atoms with van der Waals surface area (Å²) in [5.74, 6) is 0.961. The second kappa shape index (κ2) is 8.18. The fourth-order valence-electron chi connectivity index (χ4n) is 2.82. The molecule has 0 saturated heterocycles. The van der Waals surface area contributed by atoms with E-state index < -0.39 is 6.10 Å². The van der Waals surface area contributed by atoms with Crippen molar-refractivity contribution in [3.63, 3.8) is 0 Å². The Morgan fingerprint density at radius 2 is 2.08 bits per heavy atom. The monoisotopic (exact) mass is 332 g/mol. The third kappa shape index (κ3) is 4.49. The molecule has 1 aliphatic heterocycles. The highest BCUT2D eigenvalue weighted by atomic mass is 16.5. The van der Waals surface area contributed by atoms with Crippen molar-refractivity contribution in [1.82, 2.24) is 0 Å². The van der Waals surface area contributed by atoms with Gasteiger partial charge in [0.15, 0.2) is 6.10 Å². The van der Waals surface area contributed by atoms with E-state index in [9.17, 15) is 9.59 Å². The number of nitrogens with zero attached hydrogens (tertiary/aromatic N) is 1. The van der Waals surface area contributed by atoms with Gasteiger partial charge in [-0.3, -0.25) is 9.59 Å². The van der Waals surface area contributed by atoms with Crippen LogP contribution in [0.4, 0.5) is 11.4 Å². The molecule has 5 nitrogen and oxygen atoms in total. The Balaban J connectivity index is 2.20. The zero-order valence-corrected chi connectivity index (χ0v) is 15.1. The molecule has 5 heteroatoms. The Labute approximate surface area is 144 Å². The highest BCUT2D eigenvalue weighted by Crippen LogP contribution is 2.36. The molecule has 0 radical (unpaired) electrons. The van der Waals surface area contributed by atoms with E-state index >= 15 is 0 Å². The zero-order valence-electron chi connectivity index (χ0n) is 15.1. The Bertz CT molecular complexity index is 598. The minimum atomic E-state index is -0.472. The lowest BCUT2D eigenvalue weighted by Gasteiger charge is -2.33. The average Bonchev–Trinajstić information content (AvgIpc) is 2.51. The molecule has 0 aliphatic carbocycles. The molecule has 132 valence electrons. The van der Waals surface area contributed by atoms with Crippen LogP contribution in [0.15, 0.2) is 18.2 Å². The fraction of sp³-hybridized carbons (Fsp3) is 0.579. The third-order valence-corrected chi connectivity index (χ3v) is 4.03. The van der Waals surface area contributed by atoms with E-state index in [1.807, 2.05) is 32.0 Å². The van der Waals surface area contributed by atoms with E-state index in [1.165, 1.54) is 0 Å². The zero-order chi connectivity index (χ0) is 17.7. The number of benzene rings is 1. The summed E-state index contributed by atoms with van der Waals surface area (Å²) in [6.07, 6.45) is 3.15. The number of rotatable bonds is 7. The van der Waals surface area contributed by atoms with Gasteiger partial charge in [0, 0.05) is 18.7 Å². The van der Waals surface area contributed by atoms with E-state index in [4.69, 9.17) is 4.74 Å². The number of ether oxygens (including phenoxy) is 1. The van der Waals surface area contributed by atoms with E-state index in [2.05, 4.69) is 12.2 Å². The van der Waals surface area contributed by atoms with Crippen molar-refractivity contribution in [2.24, 2.45) is 5.92 Å². The number of unbranched alkanes of at least 4 members (excludes halogenated alkanes) is 2. The first kappa shape index (κ1) is 18.3. The van der Waals surface area contributed by atoms with Crippen LogP contribution in [0.3, 0.4) is 0 Å². The molecular formula is C19H28N2O3. The summed E-state index contributed by atoms with van der Waals surface area (Å²) in [4.78, 5) is 26.2. The first-order valence-electron chi connectivity index (χ1n) is 8.84. The molecule has 1 aromatic carbocycles. The predicted octanol–water partition coefficient (Wildman–Crippen LogP) is 3.98. The summed E-state index contributed by atoms with van der Waals surface area (Å²) in [7, 11) is 0. The van der Waals surface area contributed by atoms with Crippen LogP contribution in [0.25, 0.3) is 0 Å². The number of carbonyl (C=O) groups excluding carboxylic acids is 2. The van der Waals surface area contributed by atoms with Crippen LogP contribution in [0.1, 0.15) is 53.4 Å². The summed E-state index contributed by atoms with van der Waals surface area (Å²) in [5, 5.41) is 2.90. The summed E-state index contributed by atoms with van der Waals surface area (Å²) in [6.45, 7) is 8.61. The standard InChI is InChI=1S/C19H28N2O3/c1-5-6-7-10-21-16-12-15(20-18(22)11-13(2)3)8-9-17(16)24-14(4)19(21)23/h8-9,12-14H,5-7,10-11H2,1-4H3,(H,20,22). The van der Waals surface area contributed by atoms with Crippen LogP contribution in [-0.2, 0) is 9.59 Å². The van der Waals surface area contributed by atoms with Crippen LogP contribution >= 0.6 is 0 Å². The van der Waals surface area contributed by atoms with Crippen LogP contribution in [0, 0.1) is 5.92 Å². The molecule has 2 amide bonds. The molecule has 0 saturated carbocycles. The Kier molecular flexibility index (Phi) is 6.23. The lowest BCUT2D eigenvalue weighted by molar-refractivity contribution is -0.125. The first-order chi connectivity index (χ1) is 11.4. The minimum Gasteiger partial charge on any atom is -0.479 e. The molecule has 0 aromatic heterocycles. The van der Waals surface area contributed by atoms with E-state index in [-0.39, 0.29) is 11.8 Å². The Morgan fingerprint density at radius 1 is 1.33 bits per heavy atom. The van der Waals surface area contributed by atoms with Crippen molar-refractivity contribution in [3.05, 3.63) is 18.2 Å². The number of hydrogen-bond donors (Lipinski definition) is 1. The maximum Gasteiger partial charge on any atom is 0.267 e. The lowest BCUT2D eigenvalue weighted by atomic mass is 10.1. The van der Waals surface area contributed by atoms with Gasteiger partial charge in [-0.1, -0.05) is 33.6 Å². The molecule has 24 heavy (non-hydrogen) atoms. The van der Waals surface area contributed by atoms with Gasteiger partial charge >= 0.3 is 0 Å². The Hall–Kier alpha value is -2.04. The van der Waals surface area contributed by atoms with Crippen molar-refractivity contribution < 1.29 is 14.3 Å². The molecule has 1 aromatic rings. The molecule has 1 unspecified atom stereocenters. The van der Waals surface area contributed by atoms with Crippen LogP contribution < -0.4 is 15.0 Å². The molecular weight excluding hydrogens is 304 g/mol. The highest BCUT2D eigenvalue weighted by Gasteiger charge is 2.31. The predicted molar refractivity (Wildman–Crippen MR) is 96.5 cm³/mol. The second-order valence-corrected chi connectivity index (χ2v) is 6.79. The first-order valence-corrected chi connectivity index (χ1v) is 8.84. The molecule has 1 N–H and O–H groups in total. The van der Waals surface area contributed by atoms with Gasteiger partial charge in [-0.2, -0.15) is 0 Å². The van der Waals surface area contributed by atoms with Crippen molar-refractivity contribution >= 4 is 23.2 Å². The summed E-state index contributed by atoms with van der Waals surface area (Å²) in [6, 6.07) is 5.49. The smallest absolute Gasteiger partial charge is 0.267 e. The normalized spacial score (nSPS) is 16.8. The SMILES string of the molecule is CCCCCN1C(=O)C(C)Oc2ccc(NC(=O)CC(C)C)cc21. The van der Waals surface area contributed by atoms with Gasteiger partial charge < -0.3 is 15.0 Å². The summed E-state index contributed by atoms with van der Waals surface area (Å²) in [5.41, 5.74) is 1.45. The molecule has 0 bridgehead atoms. The summed E-state index contributed by atoms with van der Waals surface area (Å²) < 4.78 is 5.70. The van der Waals surface area contributed by atoms with Crippen LogP contribution in [0.2, 0.25) is 0 Å². The van der Waals surface area contributed by atoms with Gasteiger partial charge in [0.2, 0.25) is 5.91 Å². The van der Waals surface area contributed by atoms with Crippen LogP contribution in [-0.4, -0.2) is 24.5 Å². The van der Waals surface area contributed by atoms with E-state index in [1.54, 1.807) is 11.8 Å². The van der Waals surface area contributed by atoms with Gasteiger partial charge in [-0.25, -0.2) is 0 Å². The lowest BCUT2D eigenvalue weighted by Crippen LogP contribution is -2.44. The average molecular weight is 332 g/mol. The molecule has 1 heterocycles. The summed E-state index contributed by atoms with van der Waals surface area (Å²) >= 11 is 0. The van der Waals surface area contributed by atoms with Gasteiger partial charge in [0.1, 0.15) is 5.75 Å². The van der Waals surface area contributed by atoms with E-state index in [0.29, 0.717) is 30.3 Å². The largest absolute Gasteiger partial charge is 0.479 e. The van der Waals surface area contributed by atoms with Crippen molar-refractivity contribution in [3.8, 4) is 5.75 Å². The highest BCUT2D eigenvalue weighted by molar-refractivity contribution is 6.01. The van der Waals surface area contributed by atoms with E-state index in [0.717, 1.165) is 24.9 Å². The number of hydrogen-bond acceptors (Lipinski definition) is 3. The fourth-order valence-corrected chi connectivity index (χ4v) is 2.82. The Morgan fingerprint density at radius 3 is 2.75 bits per heavy atom. The quantitative estimate of drug-likeness (QED) is 0.769. The number of carbonyl (C=O) groups is 2. The topological polar surface area (TPSA) is 58.6 Å². The number of amides is 2. The molecule has 0 fully saturated rings. The second-order valence-electron chi connectivity index (χ2n) is 6.79. The molecule has 1 aliphatic rings. The number of anilines is 2. The van der Waals surface area contributed by atoms with Crippen LogP contribution in [0.5, 0.6) is 5.75 Å². The minimum absolute atomic E-state index is 0.0149. The van der Waals surface area contributed by atoms with Gasteiger partial charge in [0.05, 0.1) is 5.69 Å². The van der Waals surface area contributed by atoms with Crippen molar-refractivity contribution in [1.29, 1.82) is 0 Å². The molecule has 2 rings (SSSR count). The van der Waals surface area contributed by atoms with Gasteiger partial charge in [0.25, 0.3) is 5.91 Å².